The van der Waals surface area contributed by atoms with Gasteiger partial charge in [-0.25, -0.2) is 18.7 Å². The second-order valence-corrected chi connectivity index (χ2v) is 8.59. The molecule has 0 saturated heterocycles. The molecule has 2 aromatic heterocycles. The van der Waals surface area contributed by atoms with E-state index in [9.17, 15) is 13.6 Å². The first kappa shape index (κ1) is 22.7. The fourth-order valence-electron chi connectivity index (χ4n) is 4.30. The molecule has 0 radical (unpaired) electrons. The molecule has 0 spiro atoms. The number of anilines is 1. The molecule has 2 aromatic carbocycles. The Hall–Kier alpha value is -4.07. The number of rotatable bonds is 6. The third kappa shape index (κ3) is 5.37. The molecule has 1 amide bonds. The van der Waals surface area contributed by atoms with E-state index in [0.717, 1.165) is 54.5 Å². The maximum Gasteiger partial charge on any atom is 0.257 e. The second kappa shape index (κ2) is 10.0. The van der Waals surface area contributed by atoms with E-state index >= 15 is 0 Å². The van der Waals surface area contributed by atoms with Crippen molar-refractivity contribution in [2.45, 2.75) is 37.8 Å². The number of carbonyl (C=O) groups is 1. The monoisotopic (exact) mass is 474 g/mol. The molecule has 8 heteroatoms. The molecule has 0 unspecified atom stereocenters. The van der Waals surface area contributed by atoms with E-state index in [2.05, 4.69) is 26.7 Å². The summed E-state index contributed by atoms with van der Waals surface area (Å²) in [7, 11) is 0. The lowest BCUT2D eigenvalue weighted by atomic mass is 9.91. The zero-order valence-corrected chi connectivity index (χ0v) is 18.9. The number of nitrogens with zero attached hydrogens (tertiary/aromatic N) is 2. The van der Waals surface area contributed by atoms with Gasteiger partial charge in [-0.1, -0.05) is 18.2 Å². The third-order valence-electron chi connectivity index (χ3n) is 6.13. The molecule has 178 valence electrons. The second-order valence-electron chi connectivity index (χ2n) is 8.59. The van der Waals surface area contributed by atoms with E-state index in [4.69, 9.17) is 4.74 Å². The van der Waals surface area contributed by atoms with Crippen molar-refractivity contribution in [3.63, 3.8) is 0 Å². The molecule has 2 N–H and O–H groups in total. The average molecular weight is 475 g/mol. The summed E-state index contributed by atoms with van der Waals surface area (Å²) in [6, 6.07) is 18.7. The molecule has 0 bridgehead atoms. The Morgan fingerprint density at radius 1 is 0.886 bits per heavy atom. The van der Waals surface area contributed by atoms with Crippen LogP contribution in [0.15, 0.2) is 72.9 Å². The summed E-state index contributed by atoms with van der Waals surface area (Å²) in [4.78, 5) is 21.7. The first-order chi connectivity index (χ1) is 17.0. The minimum Gasteiger partial charge on any atom is -0.438 e. The number of para-hydroxylation sites is 1. The molecule has 0 atom stereocenters. The van der Waals surface area contributed by atoms with Crippen molar-refractivity contribution in [1.29, 1.82) is 0 Å². The number of ether oxygens (including phenoxy) is 1. The Morgan fingerprint density at radius 2 is 1.69 bits per heavy atom. The zero-order valence-electron chi connectivity index (χ0n) is 18.9. The molecule has 4 aromatic rings. The van der Waals surface area contributed by atoms with Gasteiger partial charge in [0.25, 0.3) is 5.91 Å². The summed E-state index contributed by atoms with van der Waals surface area (Å²) in [6.07, 6.45) is 4.90. The molecule has 1 fully saturated rings. The largest absolute Gasteiger partial charge is 0.438 e. The molecule has 1 aliphatic carbocycles. The van der Waals surface area contributed by atoms with Crippen molar-refractivity contribution >= 4 is 22.6 Å². The molecular weight excluding hydrogens is 450 g/mol. The number of benzene rings is 2. The van der Waals surface area contributed by atoms with E-state index in [1.807, 2.05) is 30.3 Å². The van der Waals surface area contributed by atoms with Gasteiger partial charge in [0.05, 0.1) is 5.52 Å². The first-order valence-corrected chi connectivity index (χ1v) is 11.6. The summed E-state index contributed by atoms with van der Waals surface area (Å²) in [6.45, 7) is 0. The molecular formula is C27H24F2N4O2. The van der Waals surface area contributed by atoms with E-state index in [0.29, 0.717) is 0 Å². The fraction of sp³-hybridized carbons (Fsp3) is 0.222. The summed E-state index contributed by atoms with van der Waals surface area (Å²) < 4.78 is 32.3. The summed E-state index contributed by atoms with van der Waals surface area (Å²) in [5.74, 6) is -1.38. The fourth-order valence-corrected chi connectivity index (χ4v) is 4.30. The van der Waals surface area contributed by atoms with E-state index in [-0.39, 0.29) is 35.2 Å². The van der Waals surface area contributed by atoms with Crippen LogP contribution in [0.4, 0.5) is 14.6 Å². The SMILES string of the molecule is O=C(NC1CCC(Nc2ccc3ccccc3n2)CC1)c1cccnc1Oc1ccc(F)c(F)c1. The van der Waals surface area contributed by atoms with Gasteiger partial charge in [0, 0.05) is 29.7 Å². The highest BCUT2D eigenvalue weighted by Gasteiger charge is 2.24. The van der Waals surface area contributed by atoms with Gasteiger partial charge < -0.3 is 15.4 Å². The Labute approximate surface area is 201 Å². The van der Waals surface area contributed by atoms with Crippen LogP contribution in [0.25, 0.3) is 10.9 Å². The van der Waals surface area contributed by atoms with Crippen LogP contribution in [-0.4, -0.2) is 28.0 Å². The topological polar surface area (TPSA) is 76.1 Å². The molecule has 1 aliphatic rings. The number of halogens is 2. The Bertz CT molecular complexity index is 1360. The van der Waals surface area contributed by atoms with Crippen LogP contribution in [0.3, 0.4) is 0 Å². The van der Waals surface area contributed by atoms with Crippen molar-refractivity contribution in [3.8, 4) is 11.6 Å². The molecule has 0 aliphatic heterocycles. The number of pyridine rings is 2. The van der Waals surface area contributed by atoms with Crippen LogP contribution >= 0.6 is 0 Å². The molecule has 6 nitrogen and oxygen atoms in total. The van der Waals surface area contributed by atoms with Crippen molar-refractivity contribution in [3.05, 3.63) is 90.1 Å². The number of carbonyl (C=O) groups excluding carboxylic acids is 1. The van der Waals surface area contributed by atoms with Crippen molar-refractivity contribution < 1.29 is 18.3 Å². The number of hydrogen-bond donors (Lipinski definition) is 2. The highest BCUT2D eigenvalue weighted by Crippen LogP contribution is 2.26. The van der Waals surface area contributed by atoms with Crippen molar-refractivity contribution in [2.24, 2.45) is 0 Å². The van der Waals surface area contributed by atoms with Crippen LogP contribution in [-0.2, 0) is 0 Å². The van der Waals surface area contributed by atoms with Crippen molar-refractivity contribution in [1.82, 2.24) is 15.3 Å². The average Bonchev–Trinajstić information content (AvgIpc) is 2.88. The lowest BCUT2D eigenvalue weighted by Crippen LogP contribution is -2.40. The van der Waals surface area contributed by atoms with E-state index in [1.165, 1.54) is 12.3 Å². The third-order valence-corrected chi connectivity index (χ3v) is 6.13. The number of fused-ring (bicyclic) bond motifs is 1. The summed E-state index contributed by atoms with van der Waals surface area (Å²) in [5, 5.41) is 7.67. The Balaban J connectivity index is 1.18. The van der Waals surface area contributed by atoms with E-state index in [1.54, 1.807) is 12.1 Å². The molecule has 1 saturated carbocycles. The number of nitrogens with one attached hydrogen (secondary N) is 2. The highest BCUT2D eigenvalue weighted by atomic mass is 19.2. The van der Waals surface area contributed by atoms with Gasteiger partial charge in [0.2, 0.25) is 5.88 Å². The number of hydrogen-bond acceptors (Lipinski definition) is 5. The van der Waals surface area contributed by atoms with Gasteiger partial charge in [0.1, 0.15) is 17.1 Å². The predicted octanol–water partition coefficient (Wildman–Crippen LogP) is 5.85. The van der Waals surface area contributed by atoms with Crippen molar-refractivity contribution in [2.75, 3.05) is 5.32 Å². The van der Waals surface area contributed by atoms with Crippen LogP contribution in [0.5, 0.6) is 11.6 Å². The zero-order chi connectivity index (χ0) is 24.2. The Kier molecular flexibility index (Phi) is 6.52. The number of aromatic nitrogens is 2. The van der Waals surface area contributed by atoms with Gasteiger partial charge in [-0.15, -0.1) is 0 Å². The lowest BCUT2D eigenvalue weighted by Gasteiger charge is -2.30. The maximum atomic E-state index is 13.5. The van der Waals surface area contributed by atoms with Crippen LogP contribution < -0.4 is 15.4 Å². The van der Waals surface area contributed by atoms with Crippen LogP contribution in [0.2, 0.25) is 0 Å². The van der Waals surface area contributed by atoms with Gasteiger partial charge >= 0.3 is 0 Å². The molecule has 2 heterocycles. The van der Waals surface area contributed by atoms with Gasteiger partial charge in [-0.3, -0.25) is 4.79 Å². The minimum absolute atomic E-state index is 0.0152. The van der Waals surface area contributed by atoms with Gasteiger partial charge in [0.15, 0.2) is 11.6 Å². The van der Waals surface area contributed by atoms with Gasteiger partial charge in [-0.2, -0.15) is 0 Å². The lowest BCUT2D eigenvalue weighted by molar-refractivity contribution is 0.0923. The molecule has 35 heavy (non-hydrogen) atoms. The predicted molar refractivity (Wildman–Crippen MR) is 130 cm³/mol. The van der Waals surface area contributed by atoms with E-state index < -0.39 is 11.6 Å². The highest BCUT2D eigenvalue weighted by molar-refractivity contribution is 5.96. The summed E-state index contributed by atoms with van der Waals surface area (Å²) in [5.41, 5.74) is 1.19. The van der Waals surface area contributed by atoms with Crippen LogP contribution in [0.1, 0.15) is 36.0 Å². The molecule has 5 rings (SSSR count). The normalized spacial score (nSPS) is 17.7. The minimum atomic E-state index is -1.03. The van der Waals surface area contributed by atoms with Crippen LogP contribution in [0, 0.1) is 11.6 Å². The number of amides is 1. The Morgan fingerprint density at radius 3 is 2.51 bits per heavy atom. The summed E-state index contributed by atoms with van der Waals surface area (Å²) >= 11 is 0. The van der Waals surface area contributed by atoms with Gasteiger partial charge in [-0.05, 0) is 68.1 Å². The smallest absolute Gasteiger partial charge is 0.257 e. The quantitative estimate of drug-likeness (QED) is 0.366. The first-order valence-electron chi connectivity index (χ1n) is 11.6. The standard InChI is InChI=1S/C27H24F2N4O2/c28-22-13-12-20(16-23(22)29)35-27-21(5-3-15-30-27)26(34)32-19-10-8-18(9-11-19)31-25-14-7-17-4-1-2-6-24(17)33-25/h1-7,12-16,18-19H,8-11H2,(H,31,33)(H,32,34). The maximum absolute atomic E-state index is 13.5.